The molecule has 1 aromatic heterocycles. The van der Waals surface area contributed by atoms with Gasteiger partial charge >= 0.3 is 0 Å². The van der Waals surface area contributed by atoms with Gasteiger partial charge in [0.25, 0.3) is 0 Å². The van der Waals surface area contributed by atoms with Gasteiger partial charge in [0.1, 0.15) is 23.3 Å². The number of nitrogens with one attached hydrogen (secondary N) is 2. The number of hydrogen-bond donors (Lipinski definition) is 3. The van der Waals surface area contributed by atoms with Crippen molar-refractivity contribution < 1.29 is 9.13 Å². The Morgan fingerprint density at radius 3 is 2.77 bits per heavy atom. The van der Waals surface area contributed by atoms with Crippen molar-refractivity contribution in [3.05, 3.63) is 95.8 Å². The summed E-state index contributed by atoms with van der Waals surface area (Å²) in [6, 6.07) is 17.5. The third-order valence-electron chi connectivity index (χ3n) is 5.91. The average molecular weight is 477 g/mol. The third kappa shape index (κ3) is 6.20. The fraction of sp³-hybridized carbons (Fsp3) is 0.333. The standard InChI is InChI=1S/C27H33FN6O/c1-19(30-17-20-10-9-13-22(16-20)27(2,3)28)35-15-8-7-14-34-18-31-23-24(29)32-25(33-26(23)34)21-11-5-4-6-12-21/h4-6,9-13,16,18,25,30,33H,1,7-8,14-15,17H2,2-3H3,(H2,29,32). The van der Waals surface area contributed by atoms with Gasteiger partial charge in [-0.2, -0.15) is 0 Å². The number of rotatable bonds is 11. The molecule has 1 aliphatic rings. The number of nitrogens with two attached hydrogens (primary N) is 1. The molecule has 4 rings (SSSR count). The Balaban J connectivity index is 1.21. The van der Waals surface area contributed by atoms with Gasteiger partial charge in [-0.05, 0) is 50.0 Å². The highest BCUT2D eigenvalue weighted by atomic mass is 19.1. The topological polar surface area (TPSA) is 89.5 Å². The second-order valence-corrected chi connectivity index (χ2v) is 9.11. The van der Waals surface area contributed by atoms with E-state index < -0.39 is 5.67 Å². The van der Waals surface area contributed by atoms with Crippen molar-refractivity contribution in [2.75, 3.05) is 11.9 Å². The fourth-order valence-corrected chi connectivity index (χ4v) is 3.93. The predicted molar refractivity (Wildman–Crippen MR) is 137 cm³/mol. The summed E-state index contributed by atoms with van der Waals surface area (Å²) >= 11 is 0. The van der Waals surface area contributed by atoms with E-state index in [1.54, 1.807) is 26.2 Å². The van der Waals surface area contributed by atoms with E-state index in [1.165, 1.54) is 0 Å². The Hall–Kier alpha value is -3.81. The summed E-state index contributed by atoms with van der Waals surface area (Å²) in [5.74, 6) is 1.83. The van der Waals surface area contributed by atoms with Crippen molar-refractivity contribution in [2.24, 2.45) is 10.7 Å². The van der Waals surface area contributed by atoms with Crippen molar-refractivity contribution in [1.29, 1.82) is 0 Å². The van der Waals surface area contributed by atoms with Crippen LogP contribution in [0.2, 0.25) is 0 Å². The average Bonchev–Trinajstić information content (AvgIpc) is 3.26. The molecule has 0 saturated heterocycles. The number of aryl methyl sites for hydroxylation is 1. The molecule has 0 spiro atoms. The molecule has 7 nitrogen and oxygen atoms in total. The first-order valence-electron chi connectivity index (χ1n) is 11.9. The van der Waals surface area contributed by atoms with E-state index in [-0.39, 0.29) is 6.17 Å². The van der Waals surface area contributed by atoms with Crippen LogP contribution in [-0.2, 0) is 23.5 Å². The molecule has 0 bridgehead atoms. The van der Waals surface area contributed by atoms with Gasteiger partial charge in [-0.15, -0.1) is 0 Å². The highest BCUT2D eigenvalue weighted by molar-refractivity contribution is 6.01. The Labute approximate surface area is 205 Å². The molecular formula is C27H33FN6O. The van der Waals surface area contributed by atoms with Gasteiger partial charge in [-0.3, -0.25) is 0 Å². The summed E-state index contributed by atoms with van der Waals surface area (Å²) in [6.07, 6.45) is 3.32. The van der Waals surface area contributed by atoms with Crippen molar-refractivity contribution >= 4 is 11.7 Å². The normalized spacial score (nSPS) is 15.1. The molecule has 2 aromatic carbocycles. The van der Waals surface area contributed by atoms with Gasteiger partial charge in [-0.25, -0.2) is 14.4 Å². The first-order valence-corrected chi connectivity index (χ1v) is 11.9. The second kappa shape index (κ2) is 10.6. The van der Waals surface area contributed by atoms with Gasteiger partial charge in [0.15, 0.2) is 11.7 Å². The lowest BCUT2D eigenvalue weighted by atomic mass is 9.98. The van der Waals surface area contributed by atoms with Gasteiger partial charge < -0.3 is 25.7 Å². The predicted octanol–water partition coefficient (Wildman–Crippen LogP) is 4.98. The first kappa shape index (κ1) is 24.3. The number of hydrogen-bond acceptors (Lipinski definition) is 6. The minimum Gasteiger partial charge on any atom is -0.480 e. The summed E-state index contributed by atoms with van der Waals surface area (Å²) in [6.45, 7) is 8.90. The number of amidine groups is 1. The zero-order valence-electron chi connectivity index (χ0n) is 20.3. The van der Waals surface area contributed by atoms with Gasteiger partial charge in [0.05, 0.1) is 12.9 Å². The van der Waals surface area contributed by atoms with Crippen LogP contribution >= 0.6 is 0 Å². The maximum Gasteiger partial charge on any atom is 0.179 e. The Bertz CT molecular complexity index is 1180. The number of aliphatic imine (C=N–C) groups is 1. The van der Waals surface area contributed by atoms with E-state index in [0.29, 0.717) is 36.1 Å². The number of unbranched alkanes of at least 4 members (excludes halogenated alkanes) is 1. The SMILES string of the molecule is C=C(NCc1cccc(C(C)(C)F)c1)OCCCCn1cnc2c1NC(c1ccccc1)N=C2N. The smallest absolute Gasteiger partial charge is 0.179 e. The molecule has 8 heteroatoms. The van der Waals surface area contributed by atoms with E-state index in [9.17, 15) is 4.39 Å². The molecule has 0 amide bonds. The Morgan fingerprint density at radius 1 is 1.20 bits per heavy atom. The summed E-state index contributed by atoms with van der Waals surface area (Å²) in [7, 11) is 0. The summed E-state index contributed by atoms with van der Waals surface area (Å²) in [5, 5.41) is 6.61. The van der Waals surface area contributed by atoms with Crippen molar-refractivity contribution in [2.45, 2.75) is 51.6 Å². The number of ether oxygens (including phenoxy) is 1. The molecule has 0 radical (unpaired) electrons. The number of benzene rings is 2. The van der Waals surface area contributed by atoms with Crippen molar-refractivity contribution in [1.82, 2.24) is 14.9 Å². The molecule has 35 heavy (non-hydrogen) atoms. The fourth-order valence-electron chi connectivity index (χ4n) is 3.93. The first-order chi connectivity index (χ1) is 16.8. The molecule has 1 unspecified atom stereocenters. The molecule has 184 valence electrons. The van der Waals surface area contributed by atoms with E-state index in [4.69, 9.17) is 10.5 Å². The van der Waals surface area contributed by atoms with Gasteiger partial charge in [0.2, 0.25) is 0 Å². The van der Waals surface area contributed by atoms with Gasteiger partial charge in [0, 0.05) is 13.1 Å². The minimum atomic E-state index is -1.37. The molecular weight excluding hydrogens is 443 g/mol. The quantitative estimate of drug-likeness (QED) is 0.268. The van der Waals surface area contributed by atoms with Crippen LogP contribution in [0.3, 0.4) is 0 Å². The van der Waals surface area contributed by atoms with Crippen LogP contribution < -0.4 is 16.4 Å². The van der Waals surface area contributed by atoms with Crippen molar-refractivity contribution in [3.8, 4) is 0 Å². The maximum absolute atomic E-state index is 14.2. The van der Waals surface area contributed by atoms with E-state index in [0.717, 1.165) is 36.3 Å². The van der Waals surface area contributed by atoms with Crippen LogP contribution in [0.1, 0.15) is 55.2 Å². The zero-order chi connectivity index (χ0) is 24.8. The summed E-state index contributed by atoms with van der Waals surface area (Å²) < 4.78 is 22.0. The number of imidazole rings is 1. The number of aromatic nitrogens is 2. The number of anilines is 1. The van der Waals surface area contributed by atoms with E-state index in [1.807, 2.05) is 48.5 Å². The number of nitrogens with zero attached hydrogens (tertiary/aromatic N) is 3. The maximum atomic E-state index is 14.2. The van der Waals surface area contributed by atoms with Gasteiger partial charge in [-0.1, -0.05) is 54.6 Å². The van der Waals surface area contributed by atoms with Crippen molar-refractivity contribution in [3.63, 3.8) is 0 Å². The highest BCUT2D eigenvalue weighted by Crippen LogP contribution is 2.28. The van der Waals surface area contributed by atoms with Crippen LogP contribution in [-0.4, -0.2) is 22.0 Å². The molecule has 0 aliphatic carbocycles. The molecule has 1 atom stereocenters. The Kier molecular flexibility index (Phi) is 7.39. The molecule has 1 aliphatic heterocycles. The number of alkyl halides is 1. The van der Waals surface area contributed by atoms with Crippen LogP contribution in [0, 0.1) is 0 Å². The highest BCUT2D eigenvalue weighted by Gasteiger charge is 2.24. The van der Waals surface area contributed by atoms with E-state index in [2.05, 4.69) is 31.8 Å². The number of halogens is 1. The van der Waals surface area contributed by atoms with Crippen LogP contribution in [0.15, 0.2) is 78.4 Å². The lowest BCUT2D eigenvalue weighted by Crippen LogP contribution is -2.26. The largest absolute Gasteiger partial charge is 0.480 e. The molecule has 2 heterocycles. The van der Waals surface area contributed by atoms with Crippen LogP contribution in [0.5, 0.6) is 0 Å². The summed E-state index contributed by atoms with van der Waals surface area (Å²) in [4.78, 5) is 8.98. The van der Waals surface area contributed by atoms with Crippen LogP contribution in [0.4, 0.5) is 10.2 Å². The Morgan fingerprint density at radius 2 is 2.00 bits per heavy atom. The monoisotopic (exact) mass is 476 g/mol. The molecule has 0 saturated carbocycles. The third-order valence-corrected chi connectivity index (χ3v) is 5.91. The number of fused-ring (bicyclic) bond motifs is 1. The van der Waals surface area contributed by atoms with E-state index >= 15 is 0 Å². The second-order valence-electron chi connectivity index (χ2n) is 9.11. The lowest BCUT2D eigenvalue weighted by molar-refractivity contribution is 0.185. The molecule has 0 fully saturated rings. The molecule has 4 N–H and O–H groups in total. The minimum absolute atomic E-state index is 0.228. The molecule has 3 aromatic rings. The van der Waals surface area contributed by atoms with Crippen LogP contribution in [0.25, 0.3) is 0 Å². The summed E-state index contributed by atoms with van der Waals surface area (Å²) in [5.41, 5.74) is 8.18. The lowest BCUT2D eigenvalue weighted by Gasteiger charge is -2.23. The zero-order valence-corrected chi connectivity index (χ0v) is 20.3.